The summed E-state index contributed by atoms with van der Waals surface area (Å²) >= 11 is 0. The van der Waals surface area contributed by atoms with Crippen molar-refractivity contribution in [2.45, 2.75) is 82.2 Å². The predicted molar refractivity (Wildman–Crippen MR) is 89.3 cm³/mol. The normalized spacial score (nSPS) is 22.3. The molecule has 0 spiro atoms. The Labute approximate surface area is 143 Å². The third-order valence-electron chi connectivity index (χ3n) is 5.09. The summed E-state index contributed by atoms with van der Waals surface area (Å²) < 4.78 is 5.36. The molecule has 0 aromatic carbocycles. The maximum Gasteiger partial charge on any atom is 0.248 e. The lowest BCUT2D eigenvalue weighted by atomic mass is 9.89. The molecule has 23 heavy (non-hydrogen) atoms. The summed E-state index contributed by atoms with van der Waals surface area (Å²) in [6.07, 6.45) is 9.57. The molecule has 0 aliphatic heterocycles. The molecule has 6 nitrogen and oxygen atoms in total. The van der Waals surface area contributed by atoms with Crippen LogP contribution in [0.5, 0.6) is 0 Å². The Bertz CT molecular complexity index is 522. The van der Waals surface area contributed by atoms with Crippen molar-refractivity contribution in [1.29, 1.82) is 0 Å². The lowest BCUT2D eigenvalue weighted by molar-refractivity contribution is -0.127. The number of rotatable bonds is 4. The first kappa shape index (κ1) is 18.2. The highest BCUT2D eigenvalue weighted by Crippen LogP contribution is 2.31. The molecule has 2 aliphatic carbocycles. The number of carbonyl (C=O) groups is 1. The summed E-state index contributed by atoms with van der Waals surface area (Å²) in [6, 6.07) is -0.293. The topological polar surface area (TPSA) is 94.0 Å². The second kappa shape index (κ2) is 7.62. The van der Waals surface area contributed by atoms with Gasteiger partial charge in [-0.05, 0) is 32.6 Å². The Hall–Kier alpha value is -1.14. The molecule has 2 aliphatic rings. The van der Waals surface area contributed by atoms with Gasteiger partial charge in [0, 0.05) is 5.92 Å². The lowest BCUT2D eigenvalue weighted by Gasteiger charge is -2.23. The van der Waals surface area contributed by atoms with Gasteiger partial charge in [-0.15, -0.1) is 12.4 Å². The zero-order valence-corrected chi connectivity index (χ0v) is 14.5. The first-order valence-corrected chi connectivity index (χ1v) is 8.52. The Morgan fingerprint density at radius 1 is 1.26 bits per heavy atom. The molecule has 1 unspecified atom stereocenters. The third-order valence-corrected chi connectivity index (χ3v) is 5.09. The van der Waals surface area contributed by atoms with Crippen molar-refractivity contribution in [2.75, 3.05) is 0 Å². The Balaban J connectivity index is 0.00000192. The SMILES string of the molecule is CC(NC(=O)C1(N)CCCC1)c1nc(C2CCCCC2)no1.Cl. The van der Waals surface area contributed by atoms with Crippen LogP contribution >= 0.6 is 12.4 Å². The first-order chi connectivity index (χ1) is 10.6. The zero-order chi connectivity index (χ0) is 15.6. The summed E-state index contributed by atoms with van der Waals surface area (Å²) in [5.41, 5.74) is 5.45. The standard InChI is InChI=1S/C16H26N4O2.ClH/c1-11(18-15(21)16(17)9-5-6-10-16)14-19-13(20-22-14)12-7-3-2-4-8-12;/h11-12H,2-10,17H2,1H3,(H,18,21);1H. The van der Waals surface area contributed by atoms with Crippen LogP contribution in [-0.2, 0) is 4.79 Å². The molecule has 130 valence electrons. The zero-order valence-electron chi connectivity index (χ0n) is 13.7. The monoisotopic (exact) mass is 342 g/mol. The van der Waals surface area contributed by atoms with Crippen LogP contribution in [0, 0.1) is 0 Å². The summed E-state index contributed by atoms with van der Waals surface area (Å²) in [6.45, 7) is 1.87. The number of hydrogen-bond donors (Lipinski definition) is 2. The number of hydrogen-bond acceptors (Lipinski definition) is 5. The molecule has 2 fully saturated rings. The summed E-state index contributed by atoms with van der Waals surface area (Å²) in [5.74, 6) is 1.58. The van der Waals surface area contributed by atoms with Gasteiger partial charge in [-0.25, -0.2) is 0 Å². The van der Waals surface area contributed by atoms with E-state index < -0.39 is 5.54 Å². The van der Waals surface area contributed by atoms with E-state index in [1.54, 1.807) is 0 Å². The van der Waals surface area contributed by atoms with E-state index in [4.69, 9.17) is 10.3 Å². The molecule has 0 bridgehead atoms. The van der Waals surface area contributed by atoms with E-state index in [0.717, 1.165) is 44.3 Å². The third kappa shape index (κ3) is 4.04. The molecule has 3 rings (SSSR count). The quantitative estimate of drug-likeness (QED) is 0.877. The van der Waals surface area contributed by atoms with E-state index in [-0.39, 0.29) is 24.4 Å². The fourth-order valence-electron chi connectivity index (χ4n) is 3.58. The molecule has 2 saturated carbocycles. The fourth-order valence-corrected chi connectivity index (χ4v) is 3.58. The molecular weight excluding hydrogens is 316 g/mol. The van der Waals surface area contributed by atoms with E-state index in [9.17, 15) is 4.79 Å². The highest BCUT2D eigenvalue weighted by Gasteiger charge is 2.38. The summed E-state index contributed by atoms with van der Waals surface area (Å²) in [7, 11) is 0. The van der Waals surface area contributed by atoms with Crippen LogP contribution in [0.1, 0.15) is 88.4 Å². The van der Waals surface area contributed by atoms with Gasteiger partial charge >= 0.3 is 0 Å². The van der Waals surface area contributed by atoms with Gasteiger partial charge in [-0.2, -0.15) is 4.98 Å². The highest BCUT2D eigenvalue weighted by atomic mass is 35.5. The number of nitrogens with two attached hydrogens (primary N) is 1. The van der Waals surface area contributed by atoms with Gasteiger partial charge in [-0.1, -0.05) is 37.3 Å². The van der Waals surface area contributed by atoms with E-state index in [1.807, 2.05) is 6.92 Å². The van der Waals surface area contributed by atoms with Crippen molar-refractivity contribution in [1.82, 2.24) is 15.5 Å². The van der Waals surface area contributed by atoms with E-state index in [1.165, 1.54) is 19.3 Å². The molecule has 1 heterocycles. The van der Waals surface area contributed by atoms with Gasteiger partial charge in [0.25, 0.3) is 0 Å². The van der Waals surface area contributed by atoms with Crippen molar-refractivity contribution in [3.63, 3.8) is 0 Å². The van der Waals surface area contributed by atoms with E-state index in [0.29, 0.717) is 11.8 Å². The Morgan fingerprint density at radius 3 is 2.57 bits per heavy atom. The summed E-state index contributed by atoms with van der Waals surface area (Å²) in [4.78, 5) is 16.8. The number of nitrogens with zero attached hydrogens (tertiary/aromatic N) is 2. The van der Waals surface area contributed by atoms with Gasteiger partial charge < -0.3 is 15.6 Å². The van der Waals surface area contributed by atoms with Crippen LogP contribution in [-0.4, -0.2) is 21.6 Å². The number of nitrogens with one attached hydrogen (secondary N) is 1. The van der Waals surface area contributed by atoms with Gasteiger partial charge in [0.1, 0.15) is 6.04 Å². The predicted octanol–water partition coefficient (Wildman–Crippen LogP) is 2.99. The minimum absolute atomic E-state index is 0. The van der Waals surface area contributed by atoms with Crippen LogP contribution in [0.4, 0.5) is 0 Å². The minimum Gasteiger partial charge on any atom is -0.343 e. The average molecular weight is 343 g/mol. The largest absolute Gasteiger partial charge is 0.343 e. The van der Waals surface area contributed by atoms with Crippen LogP contribution in [0.3, 0.4) is 0 Å². The minimum atomic E-state index is -0.722. The van der Waals surface area contributed by atoms with Gasteiger partial charge in [0.2, 0.25) is 11.8 Å². The maximum absolute atomic E-state index is 12.3. The van der Waals surface area contributed by atoms with Crippen molar-refractivity contribution in [2.24, 2.45) is 5.73 Å². The van der Waals surface area contributed by atoms with E-state index in [2.05, 4.69) is 15.5 Å². The summed E-state index contributed by atoms with van der Waals surface area (Å²) in [5, 5.41) is 7.05. The highest BCUT2D eigenvalue weighted by molar-refractivity contribution is 5.86. The molecule has 7 heteroatoms. The fraction of sp³-hybridized carbons (Fsp3) is 0.812. The van der Waals surface area contributed by atoms with Crippen molar-refractivity contribution in [3.05, 3.63) is 11.7 Å². The smallest absolute Gasteiger partial charge is 0.248 e. The Morgan fingerprint density at radius 2 is 1.91 bits per heavy atom. The Kier molecular flexibility index (Phi) is 6.03. The van der Waals surface area contributed by atoms with Gasteiger partial charge in [0.05, 0.1) is 5.54 Å². The van der Waals surface area contributed by atoms with Crippen LogP contribution in [0.25, 0.3) is 0 Å². The molecule has 0 radical (unpaired) electrons. The van der Waals surface area contributed by atoms with Crippen molar-refractivity contribution < 1.29 is 9.32 Å². The number of halogens is 1. The second-order valence-electron chi connectivity index (χ2n) is 6.88. The van der Waals surface area contributed by atoms with Crippen molar-refractivity contribution in [3.8, 4) is 0 Å². The van der Waals surface area contributed by atoms with Crippen LogP contribution in [0.15, 0.2) is 4.52 Å². The average Bonchev–Trinajstić information content (AvgIpc) is 3.18. The molecule has 3 N–H and O–H groups in total. The molecule has 1 aromatic rings. The van der Waals surface area contributed by atoms with Crippen LogP contribution in [0.2, 0.25) is 0 Å². The molecule has 1 atom stereocenters. The van der Waals surface area contributed by atoms with Gasteiger partial charge in [0.15, 0.2) is 5.82 Å². The van der Waals surface area contributed by atoms with Crippen LogP contribution < -0.4 is 11.1 Å². The van der Waals surface area contributed by atoms with E-state index >= 15 is 0 Å². The van der Waals surface area contributed by atoms with Crippen molar-refractivity contribution >= 4 is 18.3 Å². The molecule has 1 amide bonds. The number of carbonyl (C=O) groups excluding carboxylic acids is 1. The van der Waals surface area contributed by atoms with Gasteiger partial charge in [-0.3, -0.25) is 4.79 Å². The number of amides is 1. The molecule has 1 aromatic heterocycles. The molecule has 0 saturated heterocycles. The molecular formula is C16H27ClN4O2. The number of aromatic nitrogens is 2. The lowest BCUT2D eigenvalue weighted by Crippen LogP contribution is -2.52. The first-order valence-electron chi connectivity index (χ1n) is 8.52. The second-order valence-corrected chi connectivity index (χ2v) is 6.88. The maximum atomic E-state index is 12.3.